The average molecular weight is 289 g/mol. The predicted octanol–water partition coefficient (Wildman–Crippen LogP) is 1.01. The van der Waals surface area contributed by atoms with Crippen molar-refractivity contribution in [1.82, 2.24) is 15.1 Å². The van der Waals surface area contributed by atoms with E-state index in [0.29, 0.717) is 12.3 Å². The summed E-state index contributed by atoms with van der Waals surface area (Å²) in [5.41, 5.74) is 1.87. The highest BCUT2D eigenvalue weighted by atomic mass is 16.7. The zero-order valence-electron chi connectivity index (χ0n) is 12.0. The van der Waals surface area contributed by atoms with Crippen molar-refractivity contribution < 1.29 is 14.6 Å². The molecule has 1 aromatic carbocycles. The number of nitrogens with zero attached hydrogens (tertiary/aromatic N) is 2. The number of aliphatic hydroxyl groups excluding tert-OH is 1. The molecule has 0 bridgehead atoms. The maximum atomic E-state index is 10.2. The molecule has 2 N–H and O–H groups in total. The highest BCUT2D eigenvalue weighted by Crippen LogP contribution is 2.33. The first-order valence-corrected chi connectivity index (χ1v) is 6.99. The molecule has 1 aliphatic rings. The zero-order valence-corrected chi connectivity index (χ0v) is 12.0. The smallest absolute Gasteiger partial charge is 0.231 e. The van der Waals surface area contributed by atoms with E-state index in [0.717, 1.165) is 30.0 Å². The van der Waals surface area contributed by atoms with Crippen LogP contribution in [0.15, 0.2) is 30.5 Å². The van der Waals surface area contributed by atoms with Gasteiger partial charge in [0.2, 0.25) is 6.79 Å². The lowest BCUT2D eigenvalue weighted by Crippen LogP contribution is -2.23. The van der Waals surface area contributed by atoms with Gasteiger partial charge in [0.1, 0.15) is 0 Å². The number of aromatic nitrogens is 2. The molecule has 2 aromatic rings. The van der Waals surface area contributed by atoms with Crippen LogP contribution >= 0.6 is 0 Å². The SMILES string of the molecule is Cn1ccc(CCNCC(O)c2ccc3c(c2)OCO3)n1. The van der Waals surface area contributed by atoms with Crippen molar-refractivity contribution >= 4 is 0 Å². The standard InChI is InChI=1S/C15H19N3O3/c1-18-7-5-12(17-18)4-6-16-9-13(19)11-2-3-14-15(8-11)21-10-20-14/h2-3,5,7-8,13,16,19H,4,6,9-10H2,1H3. The highest BCUT2D eigenvalue weighted by molar-refractivity contribution is 5.45. The molecule has 0 spiro atoms. The molecule has 0 amide bonds. The maximum absolute atomic E-state index is 10.2. The molecule has 1 unspecified atom stereocenters. The first-order valence-electron chi connectivity index (χ1n) is 6.99. The van der Waals surface area contributed by atoms with Crippen molar-refractivity contribution in [3.63, 3.8) is 0 Å². The molecule has 21 heavy (non-hydrogen) atoms. The van der Waals surface area contributed by atoms with Gasteiger partial charge in [0, 0.05) is 32.8 Å². The third-order valence-corrected chi connectivity index (χ3v) is 3.45. The number of aliphatic hydroxyl groups is 1. The predicted molar refractivity (Wildman–Crippen MR) is 77.3 cm³/mol. The number of aryl methyl sites for hydroxylation is 1. The van der Waals surface area contributed by atoms with Crippen molar-refractivity contribution in [3.8, 4) is 11.5 Å². The van der Waals surface area contributed by atoms with Gasteiger partial charge in [-0.25, -0.2) is 0 Å². The largest absolute Gasteiger partial charge is 0.454 e. The number of hydrogen-bond acceptors (Lipinski definition) is 5. The third kappa shape index (κ3) is 3.34. The van der Waals surface area contributed by atoms with Crippen molar-refractivity contribution in [2.75, 3.05) is 19.9 Å². The van der Waals surface area contributed by atoms with Crippen LogP contribution in [0.3, 0.4) is 0 Å². The van der Waals surface area contributed by atoms with Crippen LogP contribution in [0.25, 0.3) is 0 Å². The van der Waals surface area contributed by atoms with Crippen LogP contribution in [0, 0.1) is 0 Å². The molecule has 0 fully saturated rings. The van der Waals surface area contributed by atoms with Crippen molar-refractivity contribution in [2.45, 2.75) is 12.5 Å². The van der Waals surface area contributed by atoms with Crippen LogP contribution in [0.1, 0.15) is 17.4 Å². The molecule has 0 saturated heterocycles. The third-order valence-electron chi connectivity index (χ3n) is 3.45. The second-order valence-electron chi connectivity index (χ2n) is 5.06. The number of fused-ring (bicyclic) bond motifs is 1. The van der Waals surface area contributed by atoms with Gasteiger partial charge < -0.3 is 19.9 Å². The highest BCUT2D eigenvalue weighted by Gasteiger charge is 2.16. The molecule has 1 aliphatic heterocycles. The van der Waals surface area contributed by atoms with E-state index in [1.807, 2.05) is 37.5 Å². The zero-order chi connectivity index (χ0) is 14.7. The van der Waals surface area contributed by atoms with E-state index in [9.17, 15) is 5.11 Å². The van der Waals surface area contributed by atoms with E-state index in [-0.39, 0.29) is 6.79 Å². The Kier molecular flexibility index (Phi) is 4.08. The molecular weight excluding hydrogens is 270 g/mol. The molecule has 1 atom stereocenters. The van der Waals surface area contributed by atoms with Gasteiger partial charge in [-0.15, -0.1) is 0 Å². The lowest BCUT2D eigenvalue weighted by Gasteiger charge is -2.12. The van der Waals surface area contributed by atoms with E-state index in [2.05, 4.69) is 10.4 Å². The van der Waals surface area contributed by atoms with Gasteiger partial charge in [0.15, 0.2) is 11.5 Å². The quantitative estimate of drug-likeness (QED) is 0.777. The fraction of sp³-hybridized carbons (Fsp3) is 0.400. The maximum Gasteiger partial charge on any atom is 0.231 e. The molecule has 6 nitrogen and oxygen atoms in total. The van der Waals surface area contributed by atoms with Crippen LogP contribution in [-0.4, -0.2) is 34.8 Å². The lowest BCUT2D eigenvalue weighted by molar-refractivity contribution is 0.170. The number of nitrogens with one attached hydrogen (secondary N) is 1. The Hall–Kier alpha value is -2.05. The van der Waals surface area contributed by atoms with Crippen molar-refractivity contribution in [3.05, 3.63) is 41.7 Å². The number of benzene rings is 1. The Morgan fingerprint density at radius 1 is 1.33 bits per heavy atom. The fourth-order valence-electron chi connectivity index (χ4n) is 2.29. The van der Waals surface area contributed by atoms with Gasteiger partial charge in [0.05, 0.1) is 11.8 Å². The monoisotopic (exact) mass is 289 g/mol. The second kappa shape index (κ2) is 6.15. The van der Waals surface area contributed by atoms with Crippen LogP contribution < -0.4 is 14.8 Å². The molecule has 2 heterocycles. The summed E-state index contributed by atoms with van der Waals surface area (Å²) in [6, 6.07) is 7.51. The van der Waals surface area contributed by atoms with Crippen LogP contribution in [0.5, 0.6) is 11.5 Å². The van der Waals surface area contributed by atoms with E-state index >= 15 is 0 Å². The van der Waals surface area contributed by atoms with Crippen LogP contribution in [0.4, 0.5) is 0 Å². The Bertz CT molecular complexity index is 612. The Morgan fingerprint density at radius 2 is 2.19 bits per heavy atom. The minimum atomic E-state index is -0.566. The second-order valence-corrected chi connectivity index (χ2v) is 5.06. The minimum absolute atomic E-state index is 0.247. The topological polar surface area (TPSA) is 68.5 Å². The van der Waals surface area contributed by atoms with Gasteiger partial charge in [0.25, 0.3) is 0 Å². The molecule has 1 aromatic heterocycles. The van der Waals surface area contributed by atoms with Gasteiger partial charge >= 0.3 is 0 Å². The summed E-state index contributed by atoms with van der Waals surface area (Å²) < 4.78 is 12.4. The normalized spacial score (nSPS) is 14.4. The summed E-state index contributed by atoms with van der Waals surface area (Å²) in [7, 11) is 1.90. The summed E-state index contributed by atoms with van der Waals surface area (Å²) in [4.78, 5) is 0. The summed E-state index contributed by atoms with van der Waals surface area (Å²) in [5.74, 6) is 1.43. The Morgan fingerprint density at radius 3 is 3.00 bits per heavy atom. The fourth-order valence-corrected chi connectivity index (χ4v) is 2.29. The van der Waals surface area contributed by atoms with Crippen LogP contribution in [0.2, 0.25) is 0 Å². The number of ether oxygens (including phenoxy) is 2. The molecule has 0 radical (unpaired) electrons. The van der Waals surface area contributed by atoms with E-state index < -0.39 is 6.10 Å². The Labute approximate surface area is 123 Å². The van der Waals surface area contributed by atoms with Crippen molar-refractivity contribution in [2.24, 2.45) is 7.05 Å². The minimum Gasteiger partial charge on any atom is -0.454 e. The first kappa shape index (κ1) is 13.9. The van der Waals surface area contributed by atoms with Crippen LogP contribution in [-0.2, 0) is 13.5 Å². The van der Waals surface area contributed by atoms with E-state index in [1.165, 1.54) is 0 Å². The van der Waals surface area contributed by atoms with E-state index in [4.69, 9.17) is 9.47 Å². The lowest BCUT2D eigenvalue weighted by atomic mass is 10.1. The number of hydrogen-bond donors (Lipinski definition) is 2. The molecule has 0 aliphatic carbocycles. The van der Waals surface area contributed by atoms with Gasteiger partial charge in [-0.05, 0) is 23.8 Å². The first-order chi connectivity index (χ1) is 10.2. The van der Waals surface area contributed by atoms with Gasteiger partial charge in [-0.3, -0.25) is 4.68 Å². The average Bonchev–Trinajstić information content (AvgIpc) is 3.11. The molecular formula is C15H19N3O3. The molecule has 112 valence electrons. The number of rotatable bonds is 6. The summed E-state index contributed by atoms with van der Waals surface area (Å²) in [6.07, 6.45) is 2.20. The summed E-state index contributed by atoms with van der Waals surface area (Å²) >= 11 is 0. The molecule has 6 heteroatoms. The molecule has 3 rings (SSSR count). The summed E-state index contributed by atoms with van der Waals surface area (Å²) in [6.45, 7) is 1.52. The Balaban J connectivity index is 1.46. The van der Waals surface area contributed by atoms with Gasteiger partial charge in [-0.1, -0.05) is 6.07 Å². The van der Waals surface area contributed by atoms with Gasteiger partial charge in [-0.2, -0.15) is 5.10 Å². The van der Waals surface area contributed by atoms with E-state index in [1.54, 1.807) is 4.68 Å². The van der Waals surface area contributed by atoms with Crippen molar-refractivity contribution in [1.29, 1.82) is 0 Å². The molecule has 0 saturated carbocycles. The summed E-state index contributed by atoms with van der Waals surface area (Å²) in [5, 5.41) is 17.7.